The predicted octanol–water partition coefficient (Wildman–Crippen LogP) is 3.22. The molecule has 3 rings (SSSR count). The summed E-state index contributed by atoms with van der Waals surface area (Å²) in [7, 11) is 5.57. The van der Waals surface area contributed by atoms with Gasteiger partial charge in [0.2, 0.25) is 5.95 Å². The van der Waals surface area contributed by atoms with Crippen molar-refractivity contribution in [2.45, 2.75) is 6.54 Å². The molecule has 0 aliphatic heterocycles. The highest BCUT2D eigenvalue weighted by molar-refractivity contribution is 5.92. The van der Waals surface area contributed by atoms with E-state index in [0.29, 0.717) is 12.5 Å². The highest BCUT2D eigenvalue weighted by atomic mass is 16.5. The molecule has 7 heteroatoms. The summed E-state index contributed by atoms with van der Waals surface area (Å²) in [5.41, 5.74) is 3.12. The summed E-state index contributed by atoms with van der Waals surface area (Å²) in [6, 6.07) is 17.0. The summed E-state index contributed by atoms with van der Waals surface area (Å²) in [6.07, 6.45) is 1.56. The number of carbonyl (C=O) groups excluding carboxylic acids is 1. The lowest BCUT2D eigenvalue weighted by Gasteiger charge is -2.13. The number of hydrogen-bond acceptors (Lipinski definition) is 6. The van der Waals surface area contributed by atoms with Crippen LogP contribution in [0.2, 0.25) is 0 Å². The van der Waals surface area contributed by atoms with Gasteiger partial charge in [-0.25, -0.2) is 9.97 Å². The van der Waals surface area contributed by atoms with Crippen LogP contribution in [-0.2, 0) is 6.54 Å². The van der Waals surface area contributed by atoms with Crippen LogP contribution in [-0.4, -0.2) is 37.1 Å². The van der Waals surface area contributed by atoms with E-state index < -0.39 is 0 Å². The van der Waals surface area contributed by atoms with Crippen molar-refractivity contribution in [1.82, 2.24) is 15.3 Å². The molecule has 0 saturated carbocycles. The average molecular weight is 377 g/mol. The van der Waals surface area contributed by atoms with Crippen LogP contribution in [0, 0.1) is 0 Å². The SMILES string of the molecule is COc1ccccc1CNC(=O)c1ccnc(Nc2ccc(N(C)C)cc2)n1. The minimum Gasteiger partial charge on any atom is -0.496 e. The van der Waals surface area contributed by atoms with Crippen molar-refractivity contribution in [3.8, 4) is 5.75 Å². The van der Waals surface area contributed by atoms with Gasteiger partial charge in [0.25, 0.3) is 5.91 Å². The van der Waals surface area contributed by atoms with Gasteiger partial charge in [0.15, 0.2) is 0 Å². The lowest BCUT2D eigenvalue weighted by Crippen LogP contribution is -2.24. The molecule has 2 aromatic carbocycles. The maximum Gasteiger partial charge on any atom is 0.270 e. The van der Waals surface area contributed by atoms with Gasteiger partial charge in [-0.1, -0.05) is 18.2 Å². The van der Waals surface area contributed by atoms with E-state index in [4.69, 9.17) is 4.74 Å². The molecule has 0 bridgehead atoms. The van der Waals surface area contributed by atoms with Gasteiger partial charge in [0.1, 0.15) is 11.4 Å². The number of methoxy groups -OCH3 is 1. The quantitative estimate of drug-likeness (QED) is 0.658. The fourth-order valence-electron chi connectivity index (χ4n) is 2.63. The molecule has 0 radical (unpaired) electrons. The molecule has 0 spiro atoms. The molecule has 1 aromatic heterocycles. The van der Waals surface area contributed by atoms with Crippen molar-refractivity contribution in [1.29, 1.82) is 0 Å². The van der Waals surface area contributed by atoms with Crippen LogP contribution in [0.5, 0.6) is 5.75 Å². The second kappa shape index (κ2) is 8.85. The van der Waals surface area contributed by atoms with Gasteiger partial charge in [-0.15, -0.1) is 0 Å². The molecule has 0 atom stereocenters. The third-order valence-electron chi connectivity index (χ3n) is 4.16. The first kappa shape index (κ1) is 19.2. The maximum absolute atomic E-state index is 12.5. The van der Waals surface area contributed by atoms with E-state index in [0.717, 1.165) is 22.7 Å². The van der Waals surface area contributed by atoms with Gasteiger partial charge in [0.05, 0.1) is 7.11 Å². The third kappa shape index (κ3) is 4.76. The van der Waals surface area contributed by atoms with Gasteiger partial charge in [0, 0.05) is 43.8 Å². The standard InChI is InChI=1S/C21H23N5O2/c1-26(2)17-10-8-16(9-11-17)24-21-22-13-12-18(25-21)20(27)23-14-15-6-4-5-7-19(15)28-3/h4-13H,14H2,1-3H3,(H,23,27)(H,22,24,25). The molecule has 1 amide bonds. The molecule has 0 unspecified atom stereocenters. The van der Waals surface area contributed by atoms with E-state index in [1.165, 1.54) is 0 Å². The zero-order valence-corrected chi connectivity index (χ0v) is 16.1. The second-order valence-corrected chi connectivity index (χ2v) is 6.33. The summed E-state index contributed by atoms with van der Waals surface area (Å²) in [4.78, 5) is 23.0. The van der Waals surface area contributed by atoms with E-state index in [1.807, 2.05) is 67.5 Å². The molecule has 28 heavy (non-hydrogen) atoms. The van der Waals surface area contributed by atoms with Gasteiger partial charge < -0.3 is 20.3 Å². The Balaban J connectivity index is 1.66. The molecular formula is C21H23N5O2. The molecule has 0 aliphatic carbocycles. The number of carbonyl (C=O) groups is 1. The van der Waals surface area contributed by atoms with Crippen LogP contribution >= 0.6 is 0 Å². The van der Waals surface area contributed by atoms with Crippen LogP contribution < -0.4 is 20.3 Å². The number of benzene rings is 2. The predicted molar refractivity (Wildman–Crippen MR) is 110 cm³/mol. The molecule has 2 N–H and O–H groups in total. The van der Waals surface area contributed by atoms with Crippen LogP contribution in [0.4, 0.5) is 17.3 Å². The first-order chi connectivity index (χ1) is 13.6. The number of para-hydroxylation sites is 1. The first-order valence-electron chi connectivity index (χ1n) is 8.84. The van der Waals surface area contributed by atoms with Crippen LogP contribution in [0.1, 0.15) is 16.1 Å². The lowest BCUT2D eigenvalue weighted by atomic mass is 10.2. The smallest absolute Gasteiger partial charge is 0.270 e. The second-order valence-electron chi connectivity index (χ2n) is 6.33. The van der Waals surface area contributed by atoms with Crippen molar-refractivity contribution in [3.05, 3.63) is 72.1 Å². The van der Waals surface area contributed by atoms with Crippen molar-refractivity contribution >= 4 is 23.2 Å². The summed E-state index contributed by atoms with van der Waals surface area (Å²) >= 11 is 0. The monoisotopic (exact) mass is 377 g/mol. The molecule has 1 heterocycles. The van der Waals surface area contributed by atoms with Crippen LogP contribution in [0.3, 0.4) is 0 Å². The number of nitrogens with one attached hydrogen (secondary N) is 2. The van der Waals surface area contributed by atoms with Crippen molar-refractivity contribution < 1.29 is 9.53 Å². The Hall–Kier alpha value is -3.61. The van der Waals surface area contributed by atoms with Crippen LogP contribution in [0.15, 0.2) is 60.8 Å². The minimum absolute atomic E-state index is 0.278. The van der Waals surface area contributed by atoms with E-state index >= 15 is 0 Å². The van der Waals surface area contributed by atoms with Crippen molar-refractivity contribution in [2.24, 2.45) is 0 Å². The topological polar surface area (TPSA) is 79.4 Å². The molecule has 0 fully saturated rings. The summed E-state index contributed by atoms with van der Waals surface area (Å²) in [5, 5.41) is 5.98. The van der Waals surface area contributed by atoms with E-state index in [1.54, 1.807) is 19.4 Å². The Morgan fingerprint density at radius 2 is 1.82 bits per heavy atom. The Bertz CT molecular complexity index is 942. The number of ether oxygens (including phenoxy) is 1. The van der Waals surface area contributed by atoms with Gasteiger partial charge >= 0.3 is 0 Å². The number of rotatable bonds is 7. The van der Waals surface area contributed by atoms with Gasteiger partial charge in [-0.2, -0.15) is 0 Å². The Labute approximate surface area is 164 Å². The Morgan fingerprint density at radius 3 is 2.54 bits per heavy atom. The Kier molecular flexibility index (Phi) is 6.06. The van der Waals surface area contributed by atoms with Crippen molar-refractivity contribution in [3.63, 3.8) is 0 Å². The normalized spacial score (nSPS) is 10.2. The summed E-state index contributed by atoms with van der Waals surface area (Å²) in [5.74, 6) is 0.816. The number of anilines is 3. The highest BCUT2D eigenvalue weighted by Crippen LogP contribution is 2.19. The average Bonchev–Trinajstić information content (AvgIpc) is 2.72. The van der Waals surface area contributed by atoms with Gasteiger partial charge in [-0.3, -0.25) is 4.79 Å². The van der Waals surface area contributed by atoms with Crippen molar-refractivity contribution in [2.75, 3.05) is 31.4 Å². The minimum atomic E-state index is -0.278. The van der Waals surface area contributed by atoms with Gasteiger partial charge in [-0.05, 0) is 36.4 Å². The summed E-state index contributed by atoms with van der Waals surface area (Å²) in [6.45, 7) is 0.349. The first-order valence-corrected chi connectivity index (χ1v) is 8.84. The van der Waals surface area contributed by atoms with Crippen LogP contribution in [0.25, 0.3) is 0 Å². The van der Waals surface area contributed by atoms with E-state index in [2.05, 4.69) is 20.6 Å². The number of aromatic nitrogens is 2. The molecule has 0 saturated heterocycles. The highest BCUT2D eigenvalue weighted by Gasteiger charge is 2.10. The molecule has 0 aliphatic rings. The van der Waals surface area contributed by atoms with E-state index in [9.17, 15) is 4.79 Å². The molecular weight excluding hydrogens is 354 g/mol. The molecule has 7 nitrogen and oxygen atoms in total. The zero-order valence-electron chi connectivity index (χ0n) is 16.1. The number of nitrogens with zero attached hydrogens (tertiary/aromatic N) is 3. The summed E-state index contributed by atoms with van der Waals surface area (Å²) < 4.78 is 5.30. The third-order valence-corrected chi connectivity index (χ3v) is 4.16. The molecule has 144 valence electrons. The fraction of sp³-hybridized carbons (Fsp3) is 0.190. The Morgan fingerprint density at radius 1 is 1.07 bits per heavy atom. The number of hydrogen-bond donors (Lipinski definition) is 2. The molecule has 3 aromatic rings. The lowest BCUT2D eigenvalue weighted by molar-refractivity contribution is 0.0945. The number of amides is 1. The maximum atomic E-state index is 12.5. The zero-order chi connectivity index (χ0) is 19.9. The fourth-order valence-corrected chi connectivity index (χ4v) is 2.63. The largest absolute Gasteiger partial charge is 0.496 e. The van der Waals surface area contributed by atoms with E-state index in [-0.39, 0.29) is 11.6 Å².